The highest BCUT2D eigenvalue weighted by Gasteiger charge is 2.19. The highest BCUT2D eigenvalue weighted by atomic mass is 35.5. The number of anilines is 1. The van der Waals surface area contributed by atoms with Gasteiger partial charge in [-0.3, -0.25) is 4.79 Å². The van der Waals surface area contributed by atoms with Crippen LogP contribution in [-0.2, 0) is 9.53 Å². The summed E-state index contributed by atoms with van der Waals surface area (Å²) in [6.45, 7) is 3.44. The molecule has 0 saturated heterocycles. The normalized spacial score (nSPS) is 11.7. The van der Waals surface area contributed by atoms with Crippen LogP contribution < -0.4 is 5.32 Å². The van der Waals surface area contributed by atoms with Gasteiger partial charge < -0.3 is 10.1 Å². The largest absolute Gasteiger partial charge is 0.449 e. The van der Waals surface area contributed by atoms with E-state index in [1.54, 1.807) is 12.1 Å². The monoisotopic (exact) mass is 351 g/mol. The molecule has 0 aliphatic carbocycles. The van der Waals surface area contributed by atoms with Crippen LogP contribution in [0.15, 0.2) is 42.5 Å². The van der Waals surface area contributed by atoms with Crippen LogP contribution in [0.3, 0.4) is 0 Å². The van der Waals surface area contributed by atoms with Crippen molar-refractivity contribution < 1.29 is 14.3 Å². The molecule has 0 unspecified atom stereocenters. The summed E-state index contributed by atoms with van der Waals surface area (Å²) >= 11 is 11.7. The van der Waals surface area contributed by atoms with Gasteiger partial charge in [0.25, 0.3) is 5.91 Å². The van der Waals surface area contributed by atoms with E-state index in [9.17, 15) is 9.59 Å². The summed E-state index contributed by atoms with van der Waals surface area (Å²) in [7, 11) is 0. The minimum absolute atomic E-state index is 0.192. The average Bonchev–Trinajstić information content (AvgIpc) is 2.48. The Hall–Kier alpha value is -2.04. The molecule has 6 heteroatoms. The number of hydrogen-bond acceptors (Lipinski definition) is 3. The molecule has 0 aliphatic heterocycles. The second kappa shape index (κ2) is 7.49. The Labute approximate surface area is 144 Å². The van der Waals surface area contributed by atoms with Crippen molar-refractivity contribution in [1.29, 1.82) is 0 Å². The first-order chi connectivity index (χ1) is 10.8. The zero-order valence-corrected chi connectivity index (χ0v) is 14.1. The van der Waals surface area contributed by atoms with E-state index in [1.807, 2.05) is 19.1 Å². The Balaban J connectivity index is 1.99. The molecule has 0 aliphatic rings. The molecule has 2 aromatic carbocycles. The van der Waals surface area contributed by atoms with Gasteiger partial charge in [0.1, 0.15) is 0 Å². The third kappa shape index (κ3) is 4.98. The van der Waals surface area contributed by atoms with Gasteiger partial charge in [-0.25, -0.2) is 4.79 Å². The molecule has 1 amide bonds. The van der Waals surface area contributed by atoms with Crippen LogP contribution in [0.1, 0.15) is 22.8 Å². The maximum Gasteiger partial charge on any atom is 0.339 e. The number of rotatable bonds is 4. The molecule has 0 fully saturated rings. The zero-order valence-electron chi connectivity index (χ0n) is 12.6. The molecule has 2 rings (SSSR count). The fourth-order valence-corrected chi connectivity index (χ4v) is 2.36. The highest BCUT2D eigenvalue weighted by Crippen LogP contribution is 2.20. The number of halogens is 2. The Bertz CT molecular complexity index is 709. The number of aryl methyl sites for hydroxylation is 1. The first kappa shape index (κ1) is 17.3. The molecular formula is C17H15Cl2NO3. The lowest BCUT2D eigenvalue weighted by molar-refractivity contribution is -0.123. The number of nitrogens with one attached hydrogen (secondary N) is 1. The van der Waals surface area contributed by atoms with Gasteiger partial charge in [-0.05, 0) is 44.2 Å². The molecule has 0 aromatic heterocycles. The van der Waals surface area contributed by atoms with Crippen molar-refractivity contribution in [2.24, 2.45) is 0 Å². The lowest BCUT2D eigenvalue weighted by Gasteiger charge is -2.14. The molecule has 23 heavy (non-hydrogen) atoms. The second-order valence-electron chi connectivity index (χ2n) is 5.06. The van der Waals surface area contributed by atoms with Crippen molar-refractivity contribution in [3.8, 4) is 0 Å². The highest BCUT2D eigenvalue weighted by molar-refractivity contribution is 6.35. The van der Waals surface area contributed by atoms with Crippen molar-refractivity contribution in [3.05, 3.63) is 63.6 Å². The quantitative estimate of drug-likeness (QED) is 0.825. The third-order valence-electron chi connectivity index (χ3n) is 3.07. The molecule has 2 aromatic rings. The smallest absolute Gasteiger partial charge is 0.339 e. The van der Waals surface area contributed by atoms with E-state index in [4.69, 9.17) is 27.9 Å². The second-order valence-corrected chi connectivity index (χ2v) is 5.93. The van der Waals surface area contributed by atoms with Crippen LogP contribution in [0.25, 0.3) is 0 Å². The molecule has 1 atom stereocenters. The molecule has 4 nitrogen and oxygen atoms in total. The van der Waals surface area contributed by atoms with Crippen LogP contribution in [-0.4, -0.2) is 18.0 Å². The fraction of sp³-hybridized carbons (Fsp3) is 0.176. The average molecular weight is 352 g/mol. The van der Waals surface area contributed by atoms with E-state index in [-0.39, 0.29) is 5.56 Å². The van der Waals surface area contributed by atoms with Crippen LogP contribution >= 0.6 is 23.2 Å². The van der Waals surface area contributed by atoms with Crippen molar-refractivity contribution in [1.82, 2.24) is 0 Å². The molecule has 1 N–H and O–H groups in total. The Morgan fingerprint density at radius 1 is 1.04 bits per heavy atom. The molecule has 0 heterocycles. The number of amides is 1. The number of carbonyl (C=O) groups excluding carboxylic acids is 2. The van der Waals surface area contributed by atoms with Gasteiger partial charge in [0.2, 0.25) is 0 Å². The summed E-state index contributed by atoms with van der Waals surface area (Å²) in [5.74, 6) is -1.09. The topological polar surface area (TPSA) is 55.4 Å². The van der Waals surface area contributed by atoms with E-state index in [0.717, 1.165) is 5.56 Å². The van der Waals surface area contributed by atoms with Gasteiger partial charge in [0, 0.05) is 15.7 Å². The van der Waals surface area contributed by atoms with Crippen molar-refractivity contribution in [2.75, 3.05) is 5.32 Å². The number of hydrogen-bond donors (Lipinski definition) is 1. The molecule has 0 spiro atoms. The SMILES string of the molecule is Cc1ccc(NC(=O)[C@H](C)OC(=O)c2cc(Cl)cc(Cl)c2)cc1. The lowest BCUT2D eigenvalue weighted by Crippen LogP contribution is -2.30. The molecule has 0 bridgehead atoms. The maximum absolute atomic E-state index is 12.1. The number of esters is 1. The zero-order chi connectivity index (χ0) is 17.0. The first-order valence-electron chi connectivity index (χ1n) is 6.90. The summed E-state index contributed by atoms with van der Waals surface area (Å²) in [4.78, 5) is 24.1. The Morgan fingerprint density at radius 2 is 1.61 bits per heavy atom. The van der Waals surface area contributed by atoms with Crippen molar-refractivity contribution in [3.63, 3.8) is 0 Å². The minimum Gasteiger partial charge on any atom is -0.449 e. The molecule has 120 valence electrons. The van der Waals surface area contributed by atoms with Crippen molar-refractivity contribution in [2.45, 2.75) is 20.0 Å². The lowest BCUT2D eigenvalue weighted by atomic mass is 10.2. The Kier molecular flexibility index (Phi) is 5.64. The molecule has 0 radical (unpaired) electrons. The standard InChI is InChI=1S/C17H15Cl2NO3/c1-10-3-5-15(6-4-10)20-16(21)11(2)23-17(22)12-7-13(18)9-14(19)8-12/h3-9,11H,1-2H3,(H,20,21)/t11-/m0/s1. The van der Waals surface area contributed by atoms with Gasteiger partial charge in [0.05, 0.1) is 5.56 Å². The minimum atomic E-state index is -0.957. The van der Waals surface area contributed by atoms with E-state index >= 15 is 0 Å². The predicted octanol–water partition coefficient (Wildman–Crippen LogP) is 4.49. The summed E-state index contributed by atoms with van der Waals surface area (Å²) in [6, 6.07) is 11.7. The van der Waals surface area contributed by atoms with E-state index in [0.29, 0.717) is 15.7 Å². The van der Waals surface area contributed by atoms with E-state index < -0.39 is 18.0 Å². The summed E-state index contributed by atoms with van der Waals surface area (Å²) in [6.07, 6.45) is -0.957. The maximum atomic E-state index is 12.1. The first-order valence-corrected chi connectivity index (χ1v) is 7.65. The van der Waals surface area contributed by atoms with Crippen LogP contribution in [0.4, 0.5) is 5.69 Å². The van der Waals surface area contributed by atoms with Gasteiger partial charge >= 0.3 is 5.97 Å². The molecule has 0 saturated carbocycles. The van der Waals surface area contributed by atoms with Gasteiger partial charge in [-0.1, -0.05) is 40.9 Å². The summed E-state index contributed by atoms with van der Waals surface area (Å²) < 4.78 is 5.14. The van der Waals surface area contributed by atoms with Crippen LogP contribution in [0.2, 0.25) is 10.0 Å². The fourth-order valence-electron chi connectivity index (χ4n) is 1.83. The van der Waals surface area contributed by atoms with Gasteiger partial charge in [-0.2, -0.15) is 0 Å². The number of ether oxygens (including phenoxy) is 1. The van der Waals surface area contributed by atoms with E-state index in [2.05, 4.69) is 5.32 Å². The number of benzene rings is 2. The van der Waals surface area contributed by atoms with Crippen LogP contribution in [0.5, 0.6) is 0 Å². The van der Waals surface area contributed by atoms with Gasteiger partial charge in [0.15, 0.2) is 6.10 Å². The molecular weight excluding hydrogens is 337 g/mol. The Morgan fingerprint density at radius 3 is 2.17 bits per heavy atom. The third-order valence-corrected chi connectivity index (χ3v) is 3.51. The van der Waals surface area contributed by atoms with Crippen LogP contribution in [0, 0.1) is 6.92 Å². The summed E-state index contributed by atoms with van der Waals surface area (Å²) in [5.41, 5.74) is 1.91. The predicted molar refractivity (Wildman–Crippen MR) is 91.1 cm³/mol. The number of carbonyl (C=O) groups is 2. The summed E-state index contributed by atoms with van der Waals surface area (Å²) in [5, 5.41) is 3.32. The van der Waals surface area contributed by atoms with E-state index in [1.165, 1.54) is 25.1 Å². The van der Waals surface area contributed by atoms with Gasteiger partial charge in [-0.15, -0.1) is 0 Å². The van der Waals surface area contributed by atoms with Crippen molar-refractivity contribution >= 4 is 40.8 Å².